The lowest BCUT2D eigenvalue weighted by atomic mass is 10.1. The van der Waals surface area contributed by atoms with E-state index in [1.807, 2.05) is 4.90 Å². The Balaban J connectivity index is 1.45. The summed E-state index contributed by atoms with van der Waals surface area (Å²) in [6.45, 7) is 5.98. The average Bonchev–Trinajstić information content (AvgIpc) is 3.12. The number of thiazole rings is 1. The van der Waals surface area contributed by atoms with E-state index in [1.54, 1.807) is 11.3 Å². The smallest absolute Gasteiger partial charge is 0.292 e. The van der Waals surface area contributed by atoms with Crippen LogP contribution in [0, 0.1) is 0 Å². The van der Waals surface area contributed by atoms with Crippen molar-refractivity contribution in [2.45, 2.75) is 13.3 Å². The molecule has 0 saturated carbocycles. The van der Waals surface area contributed by atoms with Gasteiger partial charge in [-0.1, -0.05) is 30.4 Å². The molecule has 2 aliphatic heterocycles. The highest BCUT2D eigenvalue weighted by Gasteiger charge is 2.27. The van der Waals surface area contributed by atoms with Crippen molar-refractivity contribution in [2.75, 3.05) is 44.3 Å². The molecule has 3 heterocycles. The van der Waals surface area contributed by atoms with E-state index in [-0.39, 0.29) is 5.91 Å². The Morgan fingerprint density at radius 1 is 1.24 bits per heavy atom. The van der Waals surface area contributed by atoms with Crippen LogP contribution in [0.4, 0.5) is 5.13 Å². The van der Waals surface area contributed by atoms with Crippen molar-refractivity contribution in [3.8, 4) is 0 Å². The van der Waals surface area contributed by atoms with E-state index < -0.39 is 0 Å². The quantitative estimate of drug-likeness (QED) is 0.842. The SMILES string of the molecule is CCc1cccc2sc(N3CCN(C(=O)C4=COCCO4)CC3)nc12. The number of hydrogen-bond donors (Lipinski definition) is 0. The second-order valence-corrected chi connectivity index (χ2v) is 7.10. The van der Waals surface area contributed by atoms with E-state index in [4.69, 9.17) is 14.5 Å². The Kier molecular flexibility index (Phi) is 4.48. The van der Waals surface area contributed by atoms with Crippen LogP contribution in [0.2, 0.25) is 0 Å². The lowest BCUT2D eigenvalue weighted by Gasteiger charge is -2.35. The minimum Gasteiger partial charge on any atom is -0.494 e. The maximum atomic E-state index is 12.4. The van der Waals surface area contributed by atoms with Crippen LogP contribution in [0.25, 0.3) is 10.2 Å². The third kappa shape index (κ3) is 3.16. The van der Waals surface area contributed by atoms with Crippen LogP contribution >= 0.6 is 11.3 Å². The van der Waals surface area contributed by atoms with Crippen LogP contribution < -0.4 is 4.90 Å². The lowest BCUT2D eigenvalue weighted by Crippen LogP contribution is -2.49. The van der Waals surface area contributed by atoms with Crippen LogP contribution in [0.15, 0.2) is 30.2 Å². The summed E-state index contributed by atoms with van der Waals surface area (Å²) < 4.78 is 11.8. The Morgan fingerprint density at radius 2 is 2.08 bits per heavy atom. The summed E-state index contributed by atoms with van der Waals surface area (Å²) in [5, 5.41) is 1.04. The fourth-order valence-corrected chi connectivity index (χ4v) is 4.22. The summed E-state index contributed by atoms with van der Waals surface area (Å²) >= 11 is 1.73. The number of carbonyl (C=O) groups excluding carboxylic acids is 1. The van der Waals surface area contributed by atoms with Crippen molar-refractivity contribution in [3.05, 3.63) is 35.8 Å². The predicted octanol–water partition coefficient (Wildman–Crippen LogP) is 2.40. The number of anilines is 1. The first-order chi connectivity index (χ1) is 12.3. The number of rotatable bonds is 3. The third-order valence-electron chi connectivity index (χ3n) is 4.57. The van der Waals surface area contributed by atoms with E-state index in [2.05, 4.69) is 30.0 Å². The van der Waals surface area contributed by atoms with Gasteiger partial charge in [0.25, 0.3) is 5.91 Å². The normalized spacial score (nSPS) is 17.9. The molecule has 2 aromatic rings. The summed E-state index contributed by atoms with van der Waals surface area (Å²) in [7, 11) is 0. The largest absolute Gasteiger partial charge is 0.494 e. The third-order valence-corrected chi connectivity index (χ3v) is 5.65. The Hall–Kier alpha value is -2.28. The standard InChI is InChI=1S/C18H21N3O3S/c1-2-13-4-3-5-15-16(13)19-18(25-15)21-8-6-20(7-9-21)17(22)14-12-23-10-11-24-14/h3-5,12H,2,6-11H2,1H3. The van der Waals surface area contributed by atoms with Crippen LogP contribution in [0.1, 0.15) is 12.5 Å². The highest BCUT2D eigenvalue weighted by Crippen LogP contribution is 2.31. The first kappa shape index (κ1) is 16.2. The maximum absolute atomic E-state index is 12.4. The number of aromatic nitrogens is 1. The van der Waals surface area contributed by atoms with E-state index in [9.17, 15) is 4.79 Å². The van der Waals surface area contributed by atoms with Crippen LogP contribution in [0.5, 0.6) is 0 Å². The van der Waals surface area contributed by atoms with Crippen LogP contribution in [0.3, 0.4) is 0 Å². The Labute approximate surface area is 150 Å². The molecule has 25 heavy (non-hydrogen) atoms. The molecule has 4 rings (SSSR count). The molecule has 1 amide bonds. The summed E-state index contributed by atoms with van der Waals surface area (Å²) in [6.07, 6.45) is 2.41. The predicted molar refractivity (Wildman–Crippen MR) is 97.8 cm³/mol. The molecular weight excluding hydrogens is 338 g/mol. The van der Waals surface area contributed by atoms with E-state index in [1.165, 1.54) is 16.5 Å². The number of para-hydroxylation sites is 1. The fraction of sp³-hybridized carbons (Fsp3) is 0.444. The number of aryl methyl sites for hydroxylation is 1. The molecule has 0 N–H and O–H groups in total. The minimum absolute atomic E-state index is 0.0862. The Bertz CT molecular complexity index is 809. The highest BCUT2D eigenvalue weighted by atomic mass is 32.1. The number of piperazine rings is 1. The summed E-state index contributed by atoms with van der Waals surface area (Å²) in [6, 6.07) is 6.37. The molecule has 2 aliphatic rings. The minimum atomic E-state index is -0.0862. The molecule has 7 heteroatoms. The average molecular weight is 359 g/mol. The van der Waals surface area contributed by atoms with Crippen molar-refractivity contribution in [2.24, 2.45) is 0 Å². The van der Waals surface area contributed by atoms with Crippen LogP contribution in [-0.2, 0) is 20.7 Å². The maximum Gasteiger partial charge on any atom is 0.292 e. The van der Waals surface area contributed by atoms with Crippen molar-refractivity contribution >= 4 is 32.6 Å². The van der Waals surface area contributed by atoms with Gasteiger partial charge in [0, 0.05) is 26.2 Å². The lowest BCUT2D eigenvalue weighted by molar-refractivity contribution is -0.132. The van der Waals surface area contributed by atoms with Gasteiger partial charge in [-0.25, -0.2) is 4.98 Å². The van der Waals surface area contributed by atoms with Gasteiger partial charge in [-0.2, -0.15) is 0 Å². The van der Waals surface area contributed by atoms with Gasteiger partial charge in [0.05, 0.1) is 10.2 Å². The topological polar surface area (TPSA) is 54.9 Å². The van der Waals surface area contributed by atoms with Crippen molar-refractivity contribution in [1.82, 2.24) is 9.88 Å². The summed E-state index contributed by atoms with van der Waals surface area (Å²) in [5.41, 5.74) is 2.40. The zero-order valence-corrected chi connectivity index (χ0v) is 15.1. The van der Waals surface area contributed by atoms with Gasteiger partial charge >= 0.3 is 0 Å². The van der Waals surface area contributed by atoms with Crippen molar-refractivity contribution < 1.29 is 14.3 Å². The van der Waals surface area contributed by atoms with Crippen molar-refractivity contribution in [1.29, 1.82) is 0 Å². The summed E-state index contributed by atoms with van der Waals surface area (Å²) in [4.78, 5) is 21.4. The number of fused-ring (bicyclic) bond motifs is 1. The molecule has 6 nitrogen and oxygen atoms in total. The molecule has 1 aromatic carbocycles. The molecule has 0 bridgehead atoms. The zero-order chi connectivity index (χ0) is 17.2. The van der Waals surface area contributed by atoms with Gasteiger partial charge in [0.1, 0.15) is 19.5 Å². The first-order valence-electron chi connectivity index (χ1n) is 8.63. The monoisotopic (exact) mass is 359 g/mol. The van der Waals surface area contributed by atoms with Gasteiger partial charge in [-0.05, 0) is 18.1 Å². The van der Waals surface area contributed by atoms with E-state index in [0.717, 1.165) is 30.2 Å². The fourth-order valence-electron chi connectivity index (χ4n) is 3.15. The molecule has 0 aliphatic carbocycles. The van der Waals surface area contributed by atoms with E-state index in [0.29, 0.717) is 32.1 Å². The molecular formula is C18H21N3O3S. The molecule has 0 spiro atoms. The number of benzene rings is 1. The van der Waals surface area contributed by atoms with Gasteiger partial charge < -0.3 is 19.3 Å². The van der Waals surface area contributed by atoms with Gasteiger partial charge in [-0.15, -0.1) is 0 Å². The number of nitrogens with zero attached hydrogens (tertiary/aromatic N) is 3. The second-order valence-electron chi connectivity index (χ2n) is 6.09. The summed E-state index contributed by atoms with van der Waals surface area (Å²) in [5.74, 6) is 0.226. The number of carbonyl (C=O) groups is 1. The highest BCUT2D eigenvalue weighted by molar-refractivity contribution is 7.22. The molecule has 0 radical (unpaired) electrons. The van der Waals surface area contributed by atoms with E-state index >= 15 is 0 Å². The van der Waals surface area contributed by atoms with Gasteiger partial charge in [-0.3, -0.25) is 4.79 Å². The molecule has 132 valence electrons. The molecule has 1 fully saturated rings. The van der Waals surface area contributed by atoms with Gasteiger partial charge in [0.2, 0.25) is 5.76 Å². The molecule has 1 saturated heterocycles. The van der Waals surface area contributed by atoms with Gasteiger partial charge in [0.15, 0.2) is 5.13 Å². The zero-order valence-electron chi connectivity index (χ0n) is 14.2. The second kappa shape index (κ2) is 6.92. The Morgan fingerprint density at radius 3 is 2.80 bits per heavy atom. The van der Waals surface area contributed by atoms with Crippen LogP contribution in [-0.4, -0.2) is 55.2 Å². The molecule has 1 aromatic heterocycles. The number of amides is 1. The molecule has 0 unspecified atom stereocenters. The number of ether oxygens (including phenoxy) is 2. The molecule has 0 atom stereocenters. The van der Waals surface area contributed by atoms with Crippen molar-refractivity contribution in [3.63, 3.8) is 0 Å². The first-order valence-corrected chi connectivity index (χ1v) is 9.45. The number of hydrogen-bond acceptors (Lipinski definition) is 6.